The Morgan fingerprint density at radius 1 is 1.16 bits per heavy atom. The van der Waals surface area contributed by atoms with Crippen LogP contribution in [0.1, 0.15) is 17.5 Å². The second-order valence-electron chi connectivity index (χ2n) is 5.27. The van der Waals surface area contributed by atoms with Crippen LogP contribution in [-0.2, 0) is 17.6 Å². The lowest BCUT2D eigenvalue weighted by Crippen LogP contribution is -2.49. The standard InChI is InChI=1S/C15H19BrN2O/c16-11-15(19)18-9-7-17(8-10-18)14-6-2-4-12-3-1-5-13(12)14/h2,4,6H,1,3,5,7-11H2. The highest BCUT2D eigenvalue weighted by Gasteiger charge is 2.23. The van der Waals surface area contributed by atoms with Gasteiger partial charge in [0, 0.05) is 31.9 Å². The Hall–Kier alpha value is -1.03. The lowest BCUT2D eigenvalue weighted by molar-refractivity contribution is -0.128. The number of anilines is 1. The number of carbonyl (C=O) groups excluding carboxylic acids is 1. The number of hydrogen-bond donors (Lipinski definition) is 0. The third-order valence-corrected chi connectivity index (χ3v) is 4.69. The Morgan fingerprint density at radius 3 is 2.68 bits per heavy atom. The summed E-state index contributed by atoms with van der Waals surface area (Å²) >= 11 is 3.25. The number of amides is 1. The van der Waals surface area contributed by atoms with Crippen LogP contribution in [0.15, 0.2) is 18.2 Å². The highest BCUT2D eigenvalue weighted by atomic mass is 79.9. The molecule has 0 atom stereocenters. The Morgan fingerprint density at radius 2 is 1.95 bits per heavy atom. The normalized spacial score (nSPS) is 18.6. The fourth-order valence-electron chi connectivity index (χ4n) is 3.18. The van der Waals surface area contributed by atoms with Crippen molar-refractivity contribution in [1.29, 1.82) is 0 Å². The third kappa shape index (κ3) is 2.50. The minimum absolute atomic E-state index is 0.206. The molecule has 102 valence electrons. The second kappa shape index (κ2) is 5.53. The number of alkyl halides is 1. The van der Waals surface area contributed by atoms with Gasteiger partial charge in [0.25, 0.3) is 0 Å². The SMILES string of the molecule is O=C(CBr)N1CCN(c2cccc3c2CCC3)CC1. The average molecular weight is 323 g/mol. The van der Waals surface area contributed by atoms with Gasteiger partial charge in [0.1, 0.15) is 0 Å². The van der Waals surface area contributed by atoms with Crippen LogP contribution in [0.25, 0.3) is 0 Å². The smallest absolute Gasteiger partial charge is 0.233 e. The topological polar surface area (TPSA) is 23.6 Å². The van der Waals surface area contributed by atoms with Crippen LogP contribution in [0.3, 0.4) is 0 Å². The van der Waals surface area contributed by atoms with Gasteiger partial charge in [-0.25, -0.2) is 0 Å². The molecule has 1 saturated heterocycles. The molecule has 0 N–H and O–H groups in total. The van der Waals surface area contributed by atoms with E-state index in [4.69, 9.17) is 0 Å². The molecule has 0 radical (unpaired) electrons. The Kier molecular flexibility index (Phi) is 3.78. The molecular formula is C15H19BrN2O. The zero-order valence-electron chi connectivity index (χ0n) is 11.1. The van der Waals surface area contributed by atoms with Crippen molar-refractivity contribution in [3.05, 3.63) is 29.3 Å². The molecule has 1 amide bonds. The molecule has 0 spiro atoms. The van der Waals surface area contributed by atoms with Gasteiger partial charge in [-0.15, -0.1) is 0 Å². The first-order valence-corrected chi connectivity index (χ1v) is 8.11. The molecule has 1 aliphatic heterocycles. The summed E-state index contributed by atoms with van der Waals surface area (Å²) in [5, 5.41) is 0.438. The van der Waals surface area contributed by atoms with Crippen LogP contribution in [0.2, 0.25) is 0 Å². The fourth-order valence-corrected chi connectivity index (χ4v) is 3.53. The summed E-state index contributed by atoms with van der Waals surface area (Å²) in [5.41, 5.74) is 4.47. The predicted octanol–water partition coefficient (Wildman–Crippen LogP) is 2.22. The molecule has 1 aromatic carbocycles. The predicted molar refractivity (Wildman–Crippen MR) is 81.1 cm³/mol. The minimum atomic E-state index is 0.206. The van der Waals surface area contributed by atoms with Crippen molar-refractivity contribution in [2.24, 2.45) is 0 Å². The summed E-state index contributed by atoms with van der Waals surface area (Å²) < 4.78 is 0. The quantitative estimate of drug-likeness (QED) is 0.779. The molecule has 1 aromatic rings. The van der Waals surface area contributed by atoms with Gasteiger partial charge in [0.15, 0.2) is 0 Å². The number of hydrogen-bond acceptors (Lipinski definition) is 2. The first kappa shape index (κ1) is 13.0. The summed E-state index contributed by atoms with van der Waals surface area (Å²) in [6.07, 6.45) is 3.73. The fraction of sp³-hybridized carbons (Fsp3) is 0.533. The van der Waals surface area contributed by atoms with E-state index in [0.717, 1.165) is 26.2 Å². The highest BCUT2D eigenvalue weighted by Crippen LogP contribution is 2.31. The molecule has 4 heteroatoms. The van der Waals surface area contributed by atoms with Crippen LogP contribution in [0.4, 0.5) is 5.69 Å². The van der Waals surface area contributed by atoms with Crippen LogP contribution >= 0.6 is 15.9 Å². The molecule has 0 bridgehead atoms. The Labute approximate surface area is 122 Å². The summed E-state index contributed by atoms with van der Waals surface area (Å²) in [6, 6.07) is 6.68. The molecule has 3 rings (SSSR count). The van der Waals surface area contributed by atoms with E-state index in [1.807, 2.05) is 4.90 Å². The number of nitrogens with zero attached hydrogens (tertiary/aromatic N) is 2. The zero-order valence-corrected chi connectivity index (χ0v) is 12.7. The summed E-state index contributed by atoms with van der Waals surface area (Å²) in [5.74, 6) is 0.206. The molecule has 0 saturated carbocycles. The summed E-state index contributed by atoms with van der Waals surface area (Å²) in [7, 11) is 0. The van der Waals surface area contributed by atoms with Crippen molar-refractivity contribution in [1.82, 2.24) is 4.90 Å². The number of halogens is 1. The maximum absolute atomic E-state index is 11.7. The van der Waals surface area contributed by atoms with Gasteiger partial charge in [0.05, 0.1) is 5.33 Å². The molecule has 0 aromatic heterocycles. The molecule has 1 fully saturated rings. The van der Waals surface area contributed by atoms with Crippen molar-refractivity contribution < 1.29 is 4.79 Å². The highest BCUT2D eigenvalue weighted by molar-refractivity contribution is 9.09. The van der Waals surface area contributed by atoms with Crippen LogP contribution in [0, 0.1) is 0 Å². The number of aryl methyl sites for hydroxylation is 1. The minimum Gasteiger partial charge on any atom is -0.368 e. The molecule has 2 aliphatic rings. The molecule has 1 aliphatic carbocycles. The van der Waals surface area contributed by atoms with Crippen molar-refractivity contribution >= 4 is 27.5 Å². The number of benzene rings is 1. The first-order valence-electron chi connectivity index (χ1n) is 6.99. The van der Waals surface area contributed by atoms with Crippen LogP contribution in [0.5, 0.6) is 0 Å². The maximum Gasteiger partial charge on any atom is 0.233 e. The van der Waals surface area contributed by atoms with Crippen molar-refractivity contribution in [3.8, 4) is 0 Å². The van der Waals surface area contributed by atoms with Gasteiger partial charge in [-0.3, -0.25) is 4.79 Å². The van der Waals surface area contributed by atoms with E-state index in [2.05, 4.69) is 39.0 Å². The largest absolute Gasteiger partial charge is 0.368 e. The van der Waals surface area contributed by atoms with Crippen molar-refractivity contribution in [2.45, 2.75) is 19.3 Å². The van der Waals surface area contributed by atoms with Crippen molar-refractivity contribution in [2.75, 3.05) is 36.4 Å². The van der Waals surface area contributed by atoms with E-state index in [9.17, 15) is 4.79 Å². The van der Waals surface area contributed by atoms with E-state index >= 15 is 0 Å². The number of rotatable bonds is 2. The van der Waals surface area contributed by atoms with Gasteiger partial charge in [-0.05, 0) is 36.5 Å². The van der Waals surface area contributed by atoms with Gasteiger partial charge < -0.3 is 9.80 Å². The molecule has 1 heterocycles. The Balaban J connectivity index is 1.72. The maximum atomic E-state index is 11.7. The van der Waals surface area contributed by atoms with Crippen LogP contribution in [-0.4, -0.2) is 42.3 Å². The van der Waals surface area contributed by atoms with E-state index < -0.39 is 0 Å². The van der Waals surface area contributed by atoms with Gasteiger partial charge in [0.2, 0.25) is 5.91 Å². The van der Waals surface area contributed by atoms with Crippen molar-refractivity contribution in [3.63, 3.8) is 0 Å². The molecule has 19 heavy (non-hydrogen) atoms. The third-order valence-electron chi connectivity index (χ3n) is 4.21. The summed E-state index contributed by atoms with van der Waals surface area (Å²) in [4.78, 5) is 16.1. The lowest BCUT2D eigenvalue weighted by Gasteiger charge is -2.36. The van der Waals surface area contributed by atoms with Gasteiger partial charge in [-0.2, -0.15) is 0 Å². The first-order chi connectivity index (χ1) is 9.29. The van der Waals surface area contributed by atoms with Crippen LogP contribution < -0.4 is 4.90 Å². The monoisotopic (exact) mass is 322 g/mol. The zero-order chi connectivity index (χ0) is 13.2. The molecule has 3 nitrogen and oxygen atoms in total. The molecule has 0 unspecified atom stereocenters. The number of carbonyl (C=O) groups is 1. The van der Waals surface area contributed by atoms with E-state index in [1.165, 1.54) is 30.5 Å². The summed E-state index contributed by atoms with van der Waals surface area (Å²) in [6.45, 7) is 3.59. The number of piperazine rings is 1. The van der Waals surface area contributed by atoms with Gasteiger partial charge >= 0.3 is 0 Å². The van der Waals surface area contributed by atoms with E-state index in [0.29, 0.717) is 5.33 Å². The second-order valence-corrected chi connectivity index (χ2v) is 5.83. The van der Waals surface area contributed by atoms with E-state index in [1.54, 1.807) is 5.56 Å². The van der Waals surface area contributed by atoms with E-state index in [-0.39, 0.29) is 5.91 Å². The molecular weight excluding hydrogens is 304 g/mol. The average Bonchev–Trinajstić information content (AvgIpc) is 2.95. The Bertz CT molecular complexity index is 481. The number of fused-ring (bicyclic) bond motifs is 1. The lowest BCUT2D eigenvalue weighted by atomic mass is 10.1. The van der Waals surface area contributed by atoms with Gasteiger partial charge in [-0.1, -0.05) is 28.1 Å².